The smallest absolute Gasteiger partial charge is 0.260 e. The van der Waals surface area contributed by atoms with Crippen LogP contribution in [0.1, 0.15) is 31.9 Å². The van der Waals surface area contributed by atoms with E-state index in [1.165, 1.54) is 0 Å². The number of likely N-dealkylation sites (tertiary alicyclic amines) is 1. The lowest BCUT2D eigenvalue weighted by Crippen LogP contribution is -2.32. The number of aromatic nitrogens is 1. The lowest BCUT2D eigenvalue weighted by molar-refractivity contribution is -0.132. The number of amides is 1. The van der Waals surface area contributed by atoms with Gasteiger partial charge in [-0.25, -0.2) is 0 Å². The first-order chi connectivity index (χ1) is 9.79. The van der Waals surface area contributed by atoms with Crippen molar-refractivity contribution < 1.29 is 9.53 Å². The summed E-state index contributed by atoms with van der Waals surface area (Å²) in [6, 6.07) is 3.80. The monoisotopic (exact) mass is 277 g/mol. The Morgan fingerprint density at radius 3 is 2.85 bits per heavy atom. The molecule has 1 aliphatic heterocycles. The Bertz CT molecular complexity index is 414. The number of nitrogens with zero attached hydrogens (tertiary/aromatic N) is 2. The fourth-order valence-corrected chi connectivity index (χ4v) is 2.20. The summed E-state index contributed by atoms with van der Waals surface area (Å²) >= 11 is 0. The van der Waals surface area contributed by atoms with Crippen LogP contribution in [0.3, 0.4) is 0 Å². The van der Waals surface area contributed by atoms with Gasteiger partial charge in [0.15, 0.2) is 6.61 Å². The van der Waals surface area contributed by atoms with Crippen molar-refractivity contribution in [1.29, 1.82) is 0 Å². The maximum Gasteiger partial charge on any atom is 0.260 e. The molecule has 0 bridgehead atoms. The van der Waals surface area contributed by atoms with Crippen LogP contribution >= 0.6 is 0 Å². The third-order valence-corrected chi connectivity index (χ3v) is 3.35. The van der Waals surface area contributed by atoms with E-state index < -0.39 is 0 Å². The summed E-state index contributed by atoms with van der Waals surface area (Å²) in [5, 5.41) is 3.29. The number of carbonyl (C=O) groups excluding carboxylic acids is 1. The maximum atomic E-state index is 11.8. The van der Waals surface area contributed by atoms with Crippen LogP contribution in [-0.2, 0) is 11.3 Å². The van der Waals surface area contributed by atoms with Crippen LogP contribution in [-0.4, -0.2) is 42.0 Å². The molecule has 0 unspecified atom stereocenters. The van der Waals surface area contributed by atoms with Gasteiger partial charge in [0.25, 0.3) is 5.91 Å². The van der Waals surface area contributed by atoms with Gasteiger partial charge in [0, 0.05) is 19.6 Å². The van der Waals surface area contributed by atoms with Crippen molar-refractivity contribution in [2.45, 2.75) is 32.7 Å². The molecule has 1 aromatic heterocycles. The number of hydrogen-bond acceptors (Lipinski definition) is 4. The summed E-state index contributed by atoms with van der Waals surface area (Å²) in [6.07, 6.45) is 5.00. The fourth-order valence-electron chi connectivity index (χ4n) is 2.20. The van der Waals surface area contributed by atoms with Crippen molar-refractivity contribution in [2.75, 3.05) is 26.2 Å². The van der Waals surface area contributed by atoms with Gasteiger partial charge in [-0.3, -0.25) is 9.78 Å². The van der Waals surface area contributed by atoms with Crippen LogP contribution in [0.2, 0.25) is 0 Å². The molecule has 1 saturated heterocycles. The molecule has 0 radical (unpaired) electrons. The number of nitrogens with one attached hydrogen (secondary N) is 1. The quantitative estimate of drug-likeness (QED) is 0.769. The minimum absolute atomic E-state index is 0.0659. The van der Waals surface area contributed by atoms with Gasteiger partial charge in [-0.2, -0.15) is 0 Å². The third kappa shape index (κ3) is 4.49. The van der Waals surface area contributed by atoms with E-state index >= 15 is 0 Å². The van der Waals surface area contributed by atoms with Crippen LogP contribution in [0.15, 0.2) is 18.3 Å². The summed E-state index contributed by atoms with van der Waals surface area (Å²) in [5.41, 5.74) is 0.983. The summed E-state index contributed by atoms with van der Waals surface area (Å²) in [4.78, 5) is 18.0. The second-order valence-corrected chi connectivity index (χ2v) is 5.04. The molecule has 1 aliphatic rings. The van der Waals surface area contributed by atoms with Crippen molar-refractivity contribution in [3.63, 3.8) is 0 Å². The molecule has 0 aliphatic carbocycles. The lowest BCUT2D eigenvalue weighted by Gasteiger charge is -2.15. The third-order valence-electron chi connectivity index (χ3n) is 3.35. The molecule has 0 saturated carbocycles. The van der Waals surface area contributed by atoms with E-state index in [0.29, 0.717) is 5.75 Å². The van der Waals surface area contributed by atoms with E-state index in [0.717, 1.165) is 51.1 Å². The molecular weight excluding hydrogens is 254 g/mol. The predicted molar refractivity (Wildman–Crippen MR) is 77.5 cm³/mol. The van der Waals surface area contributed by atoms with Gasteiger partial charge in [0.2, 0.25) is 0 Å². The van der Waals surface area contributed by atoms with E-state index in [4.69, 9.17) is 4.74 Å². The van der Waals surface area contributed by atoms with E-state index in [9.17, 15) is 4.79 Å². The van der Waals surface area contributed by atoms with E-state index in [1.807, 2.05) is 17.0 Å². The topological polar surface area (TPSA) is 54.5 Å². The molecule has 2 rings (SSSR count). The van der Waals surface area contributed by atoms with Crippen LogP contribution in [0.5, 0.6) is 5.75 Å². The lowest BCUT2D eigenvalue weighted by atomic mass is 10.3. The first kappa shape index (κ1) is 14.8. The maximum absolute atomic E-state index is 11.8. The van der Waals surface area contributed by atoms with Gasteiger partial charge in [-0.1, -0.05) is 6.92 Å². The molecule has 5 heteroatoms. The van der Waals surface area contributed by atoms with Gasteiger partial charge in [0.1, 0.15) is 5.75 Å². The highest BCUT2D eigenvalue weighted by Crippen LogP contribution is 2.11. The van der Waals surface area contributed by atoms with Crippen LogP contribution in [0.4, 0.5) is 0 Å². The molecule has 0 aromatic carbocycles. The molecule has 0 atom stereocenters. The van der Waals surface area contributed by atoms with Crippen molar-refractivity contribution in [3.05, 3.63) is 24.0 Å². The second kappa shape index (κ2) is 7.85. The van der Waals surface area contributed by atoms with Gasteiger partial charge in [-0.15, -0.1) is 0 Å². The van der Waals surface area contributed by atoms with Crippen molar-refractivity contribution in [3.8, 4) is 5.75 Å². The molecule has 2 heterocycles. The van der Waals surface area contributed by atoms with Gasteiger partial charge in [-0.05, 0) is 37.9 Å². The Hall–Kier alpha value is -1.62. The average molecular weight is 277 g/mol. The Balaban J connectivity index is 1.74. The number of rotatable bonds is 7. The first-order valence-electron chi connectivity index (χ1n) is 7.36. The molecule has 110 valence electrons. The summed E-state index contributed by atoms with van der Waals surface area (Å²) < 4.78 is 5.49. The molecule has 1 amide bonds. The first-order valence-corrected chi connectivity index (χ1v) is 7.36. The predicted octanol–water partition coefficient (Wildman–Crippen LogP) is 1.58. The Labute approximate surface area is 120 Å². The SMILES string of the molecule is CCCNCc1ccc(OCC(=O)N2CCCC2)cn1. The van der Waals surface area contributed by atoms with Crippen molar-refractivity contribution >= 4 is 5.91 Å². The van der Waals surface area contributed by atoms with Gasteiger partial charge >= 0.3 is 0 Å². The van der Waals surface area contributed by atoms with Crippen molar-refractivity contribution in [2.24, 2.45) is 0 Å². The standard InChI is InChI=1S/C15H23N3O2/c1-2-7-16-10-13-5-6-14(11-17-13)20-12-15(19)18-8-3-4-9-18/h5-6,11,16H,2-4,7-10,12H2,1H3. The second-order valence-electron chi connectivity index (χ2n) is 5.04. The molecule has 20 heavy (non-hydrogen) atoms. The van der Waals surface area contributed by atoms with E-state index in [2.05, 4.69) is 17.2 Å². The van der Waals surface area contributed by atoms with Crippen LogP contribution in [0.25, 0.3) is 0 Å². The largest absolute Gasteiger partial charge is 0.482 e. The summed E-state index contributed by atoms with van der Waals surface area (Å²) in [6.45, 7) is 5.72. The highest BCUT2D eigenvalue weighted by molar-refractivity contribution is 5.77. The summed E-state index contributed by atoms with van der Waals surface area (Å²) in [7, 11) is 0. The molecule has 1 aromatic rings. The minimum Gasteiger partial charge on any atom is -0.482 e. The molecule has 1 fully saturated rings. The van der Waals surface area contributed by atoms with Gasteiger partial charge < -0.3 is 15.0 Å². The molecular formula is C15H23N3O2. The Morgan fingerprint density at radius 2 is 2.20 bits per heavy atom. The normalized spacial score (nSPS) is 14.6. The zero-order chi connectivity index (χ0) is 14.2. The number of ether oxygens (including phenoxy) is 1. The highest BCUT2D eigenvalue weighted by atomic mass is 16.5. The van der Waals surface area contributed by atoms with E-state index in [1.54, 1.807) is 6.20 Å². The number of carbonyl (C=O) groups is 1. The number of pyridine rings is 1. The van der Waals surface area contributed by atoms with Crippen LogP contribution < -0.4 is 10.1 Å². The van der Waals surface area contributed by atoms with Gasteiger partial charge in [0.05, 0.1) is 11.9 Å². The fraction of sp³-hybridized carbons (Fsp3) is 0.600. The Kier molecular flexibility index (Phi) is 5.80. The molecule has 5 nitrogen and oxygen atoms in total. The van der Waals surface area contributed by atoms with Crippen molar-refractivity contribution in [1.82, 2.24) is 15.2 Å². The highest BCUT2D eigenvalue weighted by Gasteiger charge is 2.17. The molecule has 1 N–H and O–H groups in total. The Morgan fingerprint density at radius 1 is 1.40 bits per heavy atom. The molecule has 0 spiro atoms. The minimum atomic E-state index is 0.0659. The zero-order valence-corrected chi connectivity index (χ0v) is 12.1. The number of hydrogen-bond donors (Lipinski definition) is 1. The van der Waals surface area contributed by atoms with E-state index in [-0.39, 0.29) is 12.5 Å². The summed E-state index contributed by atoms with van der Waals surface area (Å²) in [5.74, 6) is 0.716. The zero-order valence-electron chi connectivity index (χ0n) is 12.1. The average Bonchev–Trinajstić information content (AvgIpc) is 3.01. The van der Waals surface area contributed by atoms with Crippen LogP contribution in [0, 0.1) is 0 Å².